The number of hydrogen-bond acceptors (Lipinski definition) is 4. The topological polar surface area (TPSA) is 52.6 Å². The van der Waals surface area contributed by atoms with Crippen molar-refractivity contribution in [1.29, 1.82) is 0 Å². The Morgan fingerprint density at radius 3 is 2.26 bits per heavy atom. The van der Waals surface area contributed by atoms with Gasteiger partial charge in [0.05, 0.1) is 12.7 Å². The quantitative estimate of drug-likeness (QED) is 0.613. The maximum absolute atomic E-state index is 13.6. The van der Waals surface area contributed by atoms with Gasteiger partial charge in [0, 0.05) is 10.6 Å². The minimum Gasteiger partial charge on any atom is -0.494 e. The molecule has 0 bridgehead atoms. The lowest BCUT2D eigenvalue weighted by Gasteiger charge is -2.13. The Hall–Kier alpha value is -2.40. The van der Waals surface area contributed by atoms with Crippen molar-refractivity contribution >= 4 is 23.4 Å². The molecule has 0 amide bonds. The zero-order valence-electron chi connectivity index (χ0n) is 12.5. The van der Waals surface area contributed by atoms with E-state index in [-0.39, 0.29) is 17.1 Å². The lowest BCUT2D eigenvalue weighted by molar-refractivity contribution is 0.0318. The van der Waals surface area contributed by atoms with E-state index in [0.29, 0.717) is 10.6 Å². The molecular weight excluding hydrogens is 323 g/mol. The molecule has 0 saturated carbocycles. The van der Waals surface area contributed by atoms with E-state index >= 15 is 0 Å². The van der Waals surface area contributed by atoms with Crippen LogP contribution in [0.1, 0.15) is 27.6 Å². The second-order valence-electron chi connectivity index (χ2n) is 4.77. The van der Waals surface area contributed by atoms with Gasteiger partial charge in [-0.3, -0.25) is 4.79 Å². The van der Waals surface area contributed by atoms with Crippen LogP contribution in [0.4, 0.5) is 4.39 Å². The SMILES string of the molecule is COc1ccc(C(=O)O[C@H](C)C(=O)c2ccc(Cl)cc2)cc1F. The van der Waals surface area contributed by atoms with Gasteiger partial charge in [0.25, 0.3) is 0 Å². The van der Waals surface area contributed by atoms with Gasteiger partial charge in [-0.15, -0.1) is 0 Å². The second kappa shape index (κ2) is 7.24. The zero-order chi connectivity index (χ0) is 17.0. The molecule has 23 heavy (non-hydrogen) atoms. The minimum absolute atomic E-state index is 0.000874. The highest BCUT2D eigenvalue weighted by Gasteiger charge is 2.21. The van der Waals surface area contributed by atoms with Crippen LogP contribution in [0.2, 0.25) is 5.02 Å². The molecule has 0 aliphatic rings. The van der Waals surface area contributed by atoms with E-state index in [2.05, 4.69) is 0 Å². The zero-order valence-corrected chi connectivity index (χ0v) is 13.3. The van der Waals surface area contributed by atoms with Crippen LogP contribution in [0, 0.1) is 5.82 Å². The lowest BCUT2D eigenvalue weighted by Crippen LogP contribution is -2.24. The number of Topliss-reactive ketones (excluding diaryl/α,β-unsaturated/α-hetero) is 1. The summed E-state index contributed by atoms with van der Waals surface area (Å²) in [5.41, 5.74) is 0.370. The van der Waals surface area contributed by atoms with E-state index in [0.717, 1.165) is 6.07 Å². The number of carbonyl (C=O) groups is 2. The first-order valence-corrected chi connectivity index (χ1v) is 7.14. The Labute approximate surface area is 137 Å². The summed E-state index contributed by atoms with van der Waals surface area (Å²) in [6.45, 7) is 1.45. The van der Waals surface area contributed by atoms with Crippen LogP contribution in [0.5, 0.6) is 5.75 Å². The van der Waals surface area contributed by atoms with Crippen LogP contribution in [0.15, 0.2) is 42.5 Å². The number of halogens is 2. The third-order valence-corrected chi connectivity index (χ3v) is 3.42. The van der Waals surface area contributed by atoms with Gasteiger partial charge in [-0.25, -0.2) is 9.18 Å². The number of esters is 1. The van der Waals surface area contributed by atoms with Crippen molar-refractivity contribution in [3.8, 4) is 5.75 Å². The molecule has 2 rings (SSSR count). The molecule has 0 heterocycles. The normalized spacial score (nSPS) is 11.7. The molecule has 6 heteroatoms. The predicted octanol–water partition coefficient (Wildman–Crippen LogP) is 3.92. The highest BCUT2D eigenvalue weighted by atomic mass is 35.5. The van der Waals surface area contributed by atoms with Gasteiger partial charge in [0.15, 0.2) is 17.7 Å². The van der Waals surface area contributed by atoms with Gasteiger partial charge >= 0.3 is 5.97 Å². The summed E-state index contributed by atoms with van der Waals surface area (Å²) in [6, 6.07) is 9.91. The fourth-order valence-electron chi connectivity index (χ4n) is 1.92. The monoisotopic (exact) mass is 336 g/mol. The highest BCUT2D eigenvalue weighted by molar-refractivity contribution is 6.30. The first-order valence-electron chi connectivity index (χ1n) is 6.76. The summed E-state index contributed by atoms with van der Waals surface area (Å²) < 4.78 is 23.5. The van der Waals surface area contributed by atoms with Gasteiger partial charge in [-0.2, -0.15) is 0 Å². The smallest absolute Gasteiger partial charge is 0.338 e. The van der Waals surface area contributed by atoms with Crippen molar-refractivity contribution in [3.63, 3.8) is 0 Å². The van der Waals surface area contributed by atoms with Gasteiger partial charge in [-0.05, 0) is 49.4 Å². The Balaban J connectivity index is 2.08. The van der Waals surface area contributed by atoms with Crippen LogP contribution in [-0.4, -0.2) is 25.0 Å². The fraction of sp³-hybridized carbons (Fsp3) is 0.176. The standard InChI is InChI=1S/C17H14ClFO4/c1-10(16(20)11-3-6-13(18)7-4-11)23-17(21)12-5-8-15(22-2)14(19)9-12/h3-10H,1-2H3/t10-/m1/s1. The molecule has 0 radical (unpaired) electrons. The van der Waals surface area contributed by atoms with Crippen molar-refractivity contribution in [2.45, 2.75) is 13.0 Å². The molecule has 1 atom stereocenters. The number of carbonyl (C=O) groups excluding carboxylic acids is 2. The van der Waals surface area contributed by atoms with Gasteiger partial charge in [0.1, 0.15) is 0 Å². The van der Waals surface area contributed by atoms with Crippen LogP contribution < -0.4 is 4.74 Å². The summed E-state index contributed by atoms with van der Waals surface area (Å²) >= 11 is 5.76. The number of benzene rings is 2. The molecule has 0 fully saturated rings. The molecule has 2 aromatic carbocycles. The second-order valence-corrected chi connectivity index (χ2v) is 5.20. The number of hydrogen-bond donors (Lipinski definition) is 0. The third kappa shape index (κ3) is 4.07. The van der Waals surface area contributed by atoms with E-state index in [1.54, 1.807) is 24.3 Å². The predicted molar refractivity (Wildman–Crippen MR) is 83.6 cm³/mol. The van der Waals surface area contributed by atoms with Crippen LogP contribution in [0.25, 0.3) is 0 Å². The van der Waals surface area contributed by atoms with Crippen LogP contribution >= 0.6 is 11.6 Å². The minimum atomic E-state index is -1.01. The van der Waals surface area contributed by atoms with Crippen LogP contribution in [0.3, 0.4) is 0 Å². The molecule has 0 N–H and O–H groups in total. The summed E-state index contributed by atoms with van der Waals surface area (Å²) in [6.07, 6.45) is -1.01. The molecule has 0 saturated heterocycles. The first kappa shape index (κ1) is 17.0. The number of rotatable bonds is 5. The van der Waals surface area contributed by atoms with Crippen molar-refractivity contribution in [2.75, 3.05) is 7.11 Å². The maximum atomic E-state index is 13.6. The molecular formula is C17H14ClFO4. The summed E-state index contributed by atoms with van der Waals surface area (Å²) in [5, 5.41) is 0.500. The average Bonchev–Trinajstić information content (AvgIpc) is 2.54. The Bertz CT molecular complexity index is 728. The summed E-state index contributed by atoms with van der Waals surface area (Å²) in [7, 11) is 1.32. The van der Waals surface area contributed by atoms with Crippen molar-refractivity contribution in [2.24, 2.45) is 0 Å². The first-order chi connectivity index (χ1) is 10.9. The van der Waals surface area contributed by atoms with Gasteiger partial charge in [-0.1, -0.05) is 11.6 Å². The summed E-state index contributed by atoms with van der Waals surface area (Å²) in [5.74, 6) is -1.82. The maximum Gasteiger partial charge on any atom is 0.338 e. The molecule has 0 aliphatic carbocycles. The lowest BCUT2D eigenvalue weighted by atomic mass is 10.1. The molecule has 0 spiro atoms. The third-order valence-electron chi connectivity index (χ3n) is 3.17. The van der Waals surface area contributed by atoms with E-state index in [1.165, 1.54) is 26.2 Å². The number of methoxy groups -OCH3 is 1. The molecule has 0 aliphatic heterocycles. The molecule has 0 aromatic heterocycles. The van der Waals surface area contributed by atoms with E-state index in [4.69, 9.17) is 21.1 Å². The number of ether oxygens (including phenoxy) is 2. The van der Waals surface area contributed by atoms with Crippen molar-refractivity contribution in [3.05, 3.63) is 64.4 Å². The average molecular weight is 337 g/mol. The largest absolute Gasteiger partial charge is 0.494 e. The van der Waals surface area contributed by atoms with E-state index in [1.807, 2.05) is 0 Å². The van der Waals surface area contributed by atoms with Crippen LogP contribution in [-0.2, 0) is 4.74 Å². The molecule has 120 valence electrons. The molecule has 4 nitrogen and oxygen atoms in total. The molecule has 0 unspecified atom stereocenters. The Morgan fingerprint density at radius 1 is 1.09 bits per heavy atom. The van der Waals surface area contributed by atoms with Crippen molar-refractivity contribution < 1.29 is 23.5 Å². The Morgan fingerprint density at radius 2 is 1.70 bits per heavy atom. The van der Waals surface area contributed by atoms with Gasteiger partial charge in [0.2, 0.25) is 5.78 Å². The Kier molecular flexibility index (Phi) is 5.34. The number of ketones is 1. The fourth-order valence-corrected chi connectivity index (χ4v) is 2.05. The van der Waals surface area contributed by atoms with E-state index in [9.17, 15) is 14.0 Å². The molecule has 2 aromatic rings. The highest BCUT2D eigenvalue weighted by Crippen LogP contribution is 2.19. The summed E-state index contributed by atoms with van der Waals surface area (Å²) in [4.78, 5) is 24.2. The van der Waals surface area contributed by atoms with Crippen molar-refractivity contribution in [1.82, 2.24) is 0 Å². The van der Waals surface area contributed by atoms with Gasteiger partial charge < -0.3 is 9.47 Å². The van der Waals surface area contributed by atoms with E-state index < -0.39 is 17.9 Å².